The Bertz CT molecular complexity index is 959. The Morgan fingerprint density at radius 2 is 1.76 bits per heavy atom. The van der Waals surface area contributed by atoms with E-state index in [0.29, 0.717) is 15.5 Å². The van der Waals surface area contributed by atoms with Crippen molar-refractivity contribution < 1.29 is 14.0 Å². The number of carbonyl (C=O) groups is 2. The molecule has 0 N–H and O–H groups in total. The van der Waals surface area contributed by atoms with Gasteiger partial charge < -0.3 is 4.90 Å². The first kappa shape index (κ1) is 19.9. The van der Waals surface area contributed by atoms with Crippen LogP contribution in [0.25, 0.3) is 6.08 Å². The van der Waals surface area contributed by atoms with Crippen LogP contribution < -0.4 is 4.90 Å². The Kier molecular flexibility index (Phi) is 5.89. The van der Waals surface area contributed by atoms with E-state index in [1.165, 1.54) is 17.0 Å². The topological polar surface area (TPSA) is 43.9 Å². The van der Waals surface area contributed by atoms with Gasteiger partial charge in [0.1, 0.15) is 5.82 Å². The number of hydrogen-bond donors (Lipinski definition) is 0. The van der Waals surface area contributed by atoms with Crippen LogP contribution in [-0.4, -0.2) is 53.8 Å². The summed E-state index contributed by atoms with van der Waals surface area (Å²) in [5.74, 6) is -0.645. The van der Waals surface area contributed by atoms with Crippen molar-refractivity contribution in [2.75, 3.05) is 37.7 Å². The summed E-state index contributed by atoms with van der Waals surface area (Å²) in [6, 6.07) is 13.6. The number of anilines is 1. The average molecular weight is 432 g/mol. The summed E-state index contributed by atoms with van der Waals surface area (Å²) in [6.07, 6.45) is 1.63. The second kappa shape index (κ2) is 8.57. The first-order chi connectivity index (χ1) is 14.0. The van der Waals surface area contributed by atoms with Gasteiger partial charge in [0.15, 0.2) is 0 Å². The fourth-order valence-electron chi connectivity index (χ4n) is 3.35. The van der Waals surface area contributed by atoms with Crippen LogP contribution in [0.2, 0.25) is 5.02 Å². The molecule has 2 aromatic carbocycles. The molecule has 8 heteroatoms. The Morgan fingerprint density at radius 1 is 1.03 bits per heavy atom. The van der Waals surface area contributed by atoms with Gasteiger partial charge in [0, 0.05) is 36.9 Å². The standard InChI is InChI=1S/C21H19ClFN3O2S/c22-16-2-1-3-18(13-16)25-10-8-24(9-11-25)14-26-20(27)19(29-21(26)28)12-15-4-6-17(23)7-5-15/h1-7,12-13H,8-11,14H2/b19-12+. The summed E-state index contributed by atoms with van der Waals surface area (Å²) in [7, 11) is 0. The van der Waals surface area contributed by atoms with Crippen molar-refractivity contribution in [3.8, 4) is 0 Å². The largest absolute Gasteiger partial charge is 0.369 e. The molecule has 2 heterocycles. The molecule has 2 aliphatic rings. The summed E-state index contributed by atoms with van der Waals surface area (Å²) in [5.41, 5.74) is 1.76. The number of nitrogens with zero attached hydrogens (tertiary/aromatic N) is 3. The Labute approximate surface area is 177 Å². The smallest absolute Gasteiger partial charge is 0.294 e. The van der Waals surface area contributed by atoms with E-state index in [1.54, 1.807) is 18.2 Å². The van der Waals surface area contributed by atoms with Gasteiger partial charge in [-0.2, -0.15) is 0 Å². The van der Waals surface area contributed by atoms with E-state index in [2.05, 4.69) is 9.80 Å². The third-order valence-corrected chi connectivity index (χ3v) is 6.07. The second-order valence-corrected chi connectivity index (χ2v) is 8.32. The number of thioether (sulfide) groups is 1. The second-order valence-electron chi connectivity index (χ2n) is 6.89. The van der Waals surface area contributed by atoms with Crippen LogP contribution in [0.15, 0.2) is 53.4 Å². The molecule has 29 heavy (non-hydrogen) atoms. The molecule has 0 aliphatic carbocycles. The first-order valence-corrected chi connectivity index (χ1v) is 10.4. The van der Waals surface area contributed by atoms with Gasteiger partial charge in [-0.05, 0) is 53.7 Å². The third-order valence-electron chi connectivity index (χ3n) is 4.93. The van der Waals surface area contributed by atoms with Crippen LogP contribution >= 0.6 is 23.4 Å². The van der Waals surface area contributed by atoms with E-state index in [-0.39, 0.29) is 23.6 Å². The normalized spacial score (nSPS) is 19.4. The van der Waals surface area contributed by atoms with Crippen molar-refractivity contribution >= 4 is 46.3 Å². The number of carbonyl (C=O) groups excluding carboxylic acids is 2. The third kappa shape index (κ3) is 4.63. The molecule has 4 rings (SSSR count). The summed E-state index contributed by atoms with van der Waals surface area (Å²) in [6.45, 7) is 3.34. The quantitative estimate of drug-likeness (QED) is 0.675. The van der Waals surface area contributed by atoms with Crippen LogP contribution in [0.4, 0.5) is 14.9 Å². The number of rotatable bonds is 4. The summed E-state index contributed by atoms with van der Waals surface area (Å²) in [5, 5.41) is 0.427. The number of halogens is 2. The molecule has 150 valence electrons. The van der Waals surface area contributed by atoms with E-state index < -0.39 is 0 Å². The predicted molar refractivity (Wildman–Crippen MR) is 114 cm³/mol. The summed E-state index contributed by atoms with van der Waals surface area (Å²) >= 11 is 6.99. The lowest BCUT2D eigenvalue weighted by atomic mass is 10.2. The molecular weight excluding hydrogens is 413 g/mol. The molecule has 2 amide bonds. The minimum atomic E-state index is -0.341. The Hall–Kier alpha value is -2.35. The molecule has 2 aliphatic heterocycles. The minimum Gasteiger partial charge on any atom is -0.369 e. The van der Waals surface area contributed by atoms with Crippen molar-refractivity contribution in [3.63, 3.8) is 0 Å². The monoisotopic (exact) mass is 431 g/mol. The van der Waals surface area contributed by atoms with Crippen LogP contribution in [0, 0.1) is 5.82 Å². The van der Waals surface area contributed by atoms with Gasteiger partial charge in [-0.15, -0.1) is 0 Å². The zero-order valence-corrected chi connectivity index (χ0v) is 17.1. The fraction of sp³-hybridized carbons (Fsp3) is 0.238. The molecule has 0 spiro atoms. The highest BCUT2D eigenvalue weighted by atomic mass is 35.5. The van der Waals surface area contributed by atoms with E-state index in [0.717, 1.165) is 43.6 Å². The van der Waals surface area contributed by atoms with Gasteiger partial charge in [-0.1, -0.05) is 29.8 Å². The minimum absolute atomic E-state index is 0.273. The van der Waals surface area contributed by atoms with E-state index in [4.69, 9.17) is 11.6 Å². The van der Waals surface area contributed by atoms with Crippen LogP contribution in [-0.2, 0) is 4.79 Å². The van der Waals surface area contributed by atoms with Crippen molar-refractivity contribution in [2.24, 2.45) is 0 Å². The van der Waals surface area contributed by atoms with Crippen molar-refractivity contribution in [1.29, 1.82) is 0 Å². The van der Waals surface area contributed by atoms with Crippen LogP contribution in [0.1, 0.15) is 5.56 Å². The molecule has 2 saturated heterocycles. The maximum Gasteiger partial charge on any atom is 0.294 e. The van der Waals surface area contributed by atoms with Crippen LogP contribution in [0.3, 0.4) is 0 Å². The van der Waals surface area contributed by atoms with Gasteiger partial charge >= 0.3 is 0 Å². The zero-order chi connectivity index (χ0) is 20.4. The predicted octanol–water partition coefficient (Wildman–Crippen LogP) is 4.30. The van der Waals surface area contributed by atoms with Crippen molar-refractivity contribution in [3.05, 3.63) is 69.8 Å². The van der Waals surface area contributed by atoms with Crippen molar-refractivity contribution in [1.82, 2.24) is 9.80 Å². The van der Waals surface area contributed by atoms with Gasteiger partial charge in [0.2, 0.25) is 0 Å². The molecule has 0 atom stereocenters. The molecule has 0 unspecified atom stereocenters. The highest BCUT2D eigenvalue weighted by Gasteiger charge is 2.36. The number of imide groups is 1. The van der Waals surface area contributed by atoms with Gasteiger partial charge in [0.25, 0.3) is 11.1 Å². The molecule has 5 nitrogen and oxygen atoms in total. The number of piperazine rings is 1. The first-order valence-electron chi connectivity index (χ1n) is 9.23. The van der Waals surface area contributed by atoms with E-state index >= 15 is 0 Å². The SMILES string of the molecule is O=C1S/C(=C/c2ccc(F)cc2)C(=O)N1CN1CCN(c2cccc(Cl)c2)CC1. The number of amides is 2. The molecule has 0 aromatic heterocycles. The maximum atomic E-state index is 13.0. The lowest BCUT2D eigenvalue weighted by Crippen LogP contribution is -2.50. The molecular formula is C21H19ClFN3O2S. The Balaban J connectivity index is 1.37. The number of benzene rings is 2. The highest BCUT2D eigenvalue weighted by Crippen LogP contribution is 2.32. The van der Waals surface area contributed by atoms with Gasteiger partial charge in [-0.25, -0.2) is 4.39 Å². The maximum absolute atomic E-state index is 13.0. The Morgan fingerprint density at radius 3 is 2.45 bits per heavy atom. The molecule has 0 radical (unpaired) electrons. The van der Waals surface area contributed by atoms with Crippen LogP contribution in [0.5, 0.6) is 0 Å². The number of hydrogen-bond acceptors (Lipinski definition) is 5. The molecule has 0 bridgehead atoms. The molecule has 2 fully saturated rings. The van der Waals surface area contributed by atoms with Gasteiger partial charge in [0.05, 0.1) is 11.6 Å². The highest BCUT2D eigenvalue weighted by molar-refractivity contribution is 8.18. The van der Waals surface area contributed by atoms with Gasteiger partial charge in [-0.3, -0.25) is 19.4 Å². The lowest BCUT2D eigenvalue weighted by Gasteiger charge is -2.37. The average Bonchev–Trinajstić information content (AvgIpc) is 2.98. The molecule has 0 saturated carbocycles. The molecule has 2 aromatic rings. The van der Waals surface area contributed by atoms with E-state index in [9.17, 15) is 14.0 Å². The zero-order valence-electron chi connectivity index (χ0n) is 15.6. The van der Waals surface area contributed by atoms with E-state index in [1.807, 2.05) is 24.3 Å². The fourth-order valence-corrected chi connectivity index (χ4v) is 4.37. The summed E-state index contributed by atoms with van der Waals surface area (Å²) in [4.78, 5) is 31.0. The van der Waals surface area contributed by atoms with Crippen molar-refractivity contribution in [2.45, 2.75) is 0 Å². The lowest BCUT2D eigenvalue weighted by molar-refractivity contribution is -0.124. The summed E-state index contributed by atoms with van der Waals surface area (Å²) < 4.78 is 13.0.